The van der Waals surface area contributed by atoms with Gasteiger partial charge in [0.15, 0.2) is 0 Å². The number of rotatable bonds is 6. The van der Waals surface area contributed by atoms with E-state index in [1.807, 2.05) is 22.9 Å². The van der Waals surface area contributed by atoms with E-state index in [0.29, 0.717) is 12.1 Å². The number of hydrogen-bond acceptors (Lipinski definition) is 6. The van der Waals surface area contributed by atoms with Crippen molar-refractivity contribution in [3.63, 3.8) is 0 Å². The van der Waals surface area contributed by atoms with Crippen LogP contribution in [0.5, 0.6) is 0 Å². The summed E-state index contributed by atoms with van der Waals surface area (Å²) in [4.78, 5) is 28.6. The molecule has 0 aliphatic rings. The number of thiazole rings is 1. The number of aromatic nitrogens is 1. The van der Waals surface area contributed by atoms with Gasteiger partial charge in [0.05, 0.1) is 16.1 Å². The van der Waals surface area contributed by atoms with Crippen molar-refractivity contribution in [2.75, 3.05) is 0 Å². The number of amides is 1. The highest BCUT2D eigenvalue weighted by molar-refractivity contribution is 7.20. The monoisotopic (exact) mass is 372 g/mol. The second kappa shape index (κ2) is 8.04. The fourth-order valence-electron chi connectivity index (χ4n) is 2.09. The van der Waals surface area contributed by atoms with E-state index in [-0.39, 0.29) is 12.5 Å². The second-order valence-corrected chi connectivity index (χ2v) is 7.11. The van der Waals surface area contributed by atoms with Crippen LogP contribution in [0.1, 0.15) is 28.5 Å². The van der Waals surface area contributed by atoms with Crippen molar-refractivity contribution in [2.45, 2.75) is 20.1 Å². The normalized spacial score (nSPS) is 10.4. The molecule has 0 aliphatic heterocycles. The molecule has 0 bridgehead atoms. The summed E-state index contributed by atoms with van der Waals surface area (Å²) < 4.78 is 5.32. The zero-order valence-corrected chi connectivity index (χ0v) is 15.2. The van der Waals surface area contributed by atoms with Crippen LogP contribution >= 0.6 is 22.7 Å². The van der Waals surface area contributed by atoms with Crippen LogP contribution in [0.3, 0.4) is 0 Å². The Morgan fingerprint density at radius 1 is 1.16 bits per heavy atom. The number of benzene rings is 1. The van der Waals surface area contributed by atoms with Gasteiger partial charge in [0.1, 0.15) is 11.6 Å². The Morgan fingerprint density at radius 2 is 1.96 bits per heavy atom. The van der Waals surface area contributed by atoms with Gasteiger partial charge in [-0.2, -0.15) is 0 Å². The van der Waals surface area contributed by atoms with Gasteiger partial charge in [-0.25, -0.2) is 9.78 Å². The Labute approximate surface area is 153 Å². The number of thiophene rings is 1. The summed E-state index contributed by atoms with van der Waals surface area (Å²) in [6.45, 7) is 2.05. The molecule has 1 amide bonds. The minimum absolute atomic E-state index is 0.0892. The van der Waals surface area contributed by atoms with Gasteiger partial charge in [-0.15, -0.1) is 22.7 Å². The molecular formula is C18H16N2O3S2. The first-order chi connectivity index (χ1) is 12.1. The predicted octanol–water partition coefficient (Wildman–Crippen LogP) is 3.86. The van der Waals surface area contributed by atoms with Crippen molar-refractivity contribution in [1.29, 1.82) is 0 Å². The van der Waals surface area contributed by atoms with Crippen LogP contribution < -0.4 is 5.32 Å². The third kappa shape index (κ3) is 4.74. The maximum atomic E-state index is 12.1. The van der Waals surface area contributed by atoms with Crippen LogP contribution in [0.2, 0.25) is 0 Å². The van der Waals surface area contributed by atoms with E-state index in [4.69, 9.17) is 4.74 Å². The molecule has 5 nitrogen and oxygen atoms in total. The molecule has 0 saturated carbocycles. The van der Waals surface area contributed by atoms with E-state index in [1.165, 1.54) is 18.3 Å². The lowest BCUT2D eigenvalue weighted by molar-refractivity contribution is -0.119. The second-order valence-electron chi connectivity index (χ2n) is 5.30. The van der Waals surface area contributed by atoms with Crippen molar-refractivity contribution in [3.05, 3.63) is 64.0 Å². The summed E-state index contributed by atoms with van der Waals surface area (Å²) in [5.41, 5.74) is 2.14. The minimum Gasteiger partial charge on any atom is -0.456 e. The van der Waals surface area contributed by atoms with E-state index in [9.17, 15) is 9.59 Å². The van der Waals surface area contributed by atoms with Crippen LogP contribution in [-0.2, 0) is 22.7 Å². The first-order valence-electron chi connectivity index (χ1n) is 7.60. The predicted molar refractivity (Wildman–Crippen MR) is 98.5 cm³/mol. The number of ether oxygens (including phenoxy) is 1. The standard InChI is InChI=1S/C18H16N2O3S2/c1-12(21)19-9-13-4-6-14(7-5-13)18(22)23-10-15-11-25-17(20-15)16-3-2-8-24-16/h2-8,11H,9-10H2,1H3,(H,19,21). The van der Waals surface area contributed by atoms with E-state index in [2.05, 4.69) is 10.3 Å². The molecule has 0 unspecified atom stereocenters. The van der Waals surface area contributed by atoms with Crippen LogP contribution in [-0.4, -0.2) is 16.9 Å². The Hall–Kier alpha value is -2.51. The van der Waals surface area contributed by atoms with Crippen molar-refractivity contribution in [1.82, 2.24) is 10.3 Å². The number of nitrogens with one attached hydrogen (secondary N) is 1. The van der Waals surface area contributed by atoms with Crippen LogP contribution in [0.15, 0.2) is 47.2 Å². The summed E-state index contributed by atoms with van der Waals surface area (Å²) in [5.74, 6) is -0.481. The molecule has 1 aromatic carbocycles. The molecule has 128 valence electrons. The van der Waals surface area contributed by atoms with E-state index < -0.39 is 5.97 Å². The molecule has 3 aromatic rings. The molecule has 0 atom stereocenters. The largest absolute Gasteiger partial charge is 0.456 e. The number of hydrogen-bond donors (Lipinski definition) is 1. The third-order valence-corrected chi connectivity index (χ3v) is 5.30. The average Bonchev–Trinajstić information content (AvgIpc) is 3.29. The average molecular weight is 372 g/mol. The highest BCUT2D eigenvalue weighted by Gasteiger charge is 2.10. The molecule has 0 spiro atoms. The lowest BCUT2D eigenvalue weighted by atomic mass is 10.1. The zero-order valence-electron chi connectivity index (χ0n) is 13.5. The maximum absolute atomic E-state index is 12.1. The van der Waals surface area contributed by atoms with Gasteiger partial charge in [0.25, 0.3) is 0 Å². The minimum atomic E-state index is -0.392. The molecule has 0 fully saturated rings. The Balaban J connectivity index is 1.54. The Bertz CT molecular complexity index is 855. The first kappa shape index (κ1) is 17.3. The first-order valence-corrected chi connectivity index (χ1v) is 9.36. The third-order valence-electron chi connectivity index (χ3n) is 3.37. The molecule has 0 aliphatic carbocycles. The quantitative estimate of drug-likeness (QED) is 0.667. The highest BCUT2D eigenvalue weighted by Crippen LogP contribution is 2.28. The van der Waals surface area contributed by atoms with E-state index in [0.717, 1.165) is 21.1 Å². The number of carbonyl (C=O) groups is 2. The molecule has 2 aromatic heterocycles. The summed E-state index contributed by atoms with van der Waals surface area (Å²) in [6.07, 6.45) is 0. The summed E-state index contributed by atoms with van der Waals surface area (Å²) in [5, 5.41) is 7.55. The summed E-state index contributed by atoms with van der Waals surface area (Å²) >= 11 is 3.17. The smallest absolute Gasteiger partial charge is 0.338 e. The van der Waals surface area contributed by atoms with Gasteiger partial charge >= 0.3 is 5.97 Å². The molecule has 0 saturated heterocycles. The van der Waals surface area contributed by atoms with Gasteiger partial charge in [0, 0.05) is 18.8 Å². The SMILES string of the molecule is CC(=O)NCc1ccc(C(=O)OCc2csc(-c3cccs3)n2)cc1. The Kier molecular flexibility index (Phi) is 5.57. The zero-order chi connectivity index (χ0) is 17.6. The van der Waals surface area contributed by atoms with Crippen LogP contribution in [0.25, 0.3) is 9.88 Å². The van der Waals surface area contributed by atoms with E-state index in [1.54, 1.807) is 35.6 Å². The molecular weight excluding hydrogens is 356 g/mol. The lowest BCUT2D eigenvalue weighted by Gasteiger charge is -2.05. The van der Waals surface area contributed by atoms with Crippen LogP contribution in [0.4, 0.5) is 0 Å². The van der Waals surface area contributed by atoms with Crippen molar-refractivity contribution >= 4 is 34.6 Å². The maximum Gasteiger partial charge on any atom is 0.338 e. The summed E-state index contributed by atoms with van der Waals surface area (Å²) in [6, 6.07) is 11.0. The number of nitrogens with zero attached hydrogens (tertiary/aromatic N) is 1. The van der Waals surface area contributed by atoms with Gasteiger partial charge < -0.3 is 10.1 Å². The number of esters is 1. The topological polar surface area (TPSA) is 68.3 Å². The molecule has 7 heteroatoms. The van der Waals surface area contributed by atoms with Gasteiger partial charge in [-0.3, -0.25) is 4.79 Å². The van der Waals surface area contributed by atoms with Crippen molar-refractivity contribution < 1.29 is 14.3 Å². The Morgan fingerprint density at radius 3 is 2.64 bits per heavy atom. The van der Waals surface area contributed by atoms with Gasteiger partial charge in [-0.05, 0) is 29.1 Å². The molecule has 0 radical (unpaired) electrons. The molecule has 25 heavy (non-hydrogen) atoms. The highest BCUT2D eigenvalue weighted by atomic mass is 32.1. The van der Waals surface area contributed by atoms with Gasteiger partial charge in [-0.1, -0.05) is 18.2 Å². The fourth-order valence-corrected chi connectivity index (χ4v) is 3.71. The van der Waals surface area contributed by atoms with Crippen molar-refractivity contribution in [3.8, 4) is 9.88 Å². The number of carbonyl (C=O) groups excluding carboxylic acids is 2. The van der Waals surface area contributed by atoms with Gasteiger partial charge in [0.2, 0.25) is 5.91 Å². The van der Waals surface area contributed by atoms with Crippen LogP contribution in [0, 0.1) is 0 Å². The molecule has 1 N–H and O–H groups in total. The summed E-state index contributed by atoms with van der Waals surface area (Å²) in [7, 11) is 0. The molecule has 3 rings (SSSR count). The fraction of sp³-hybridized carbons (Fsp3) is 0.167. The molecule has 2 heterocycles. The van der Waals surface area contributed by atoms with Crippen molar-refractivity contribution in [2.24, 2.45) is 0 Å². The lowest BCUT2D eigenvalue weighted by Crippen LogP contribution is -2.18. The van der Waals surface area contributed by atoms with E-state index >= 15 is 0 Å².